The fourth-order valence-corrected chi connectivity index (χ4v) is 6.49. The lowest BCUT2D eigenvalue weighted by molar-refractivity contribution is -0.137. The number of benzene rings is 1. The number of nitrogens with zero attached hydrogens (tertiary/aromatic N) is 3. The molecule has 0 saturated carbocycles. The van der Waals surface area contributed by atoms with Crippen LogP contribution in [0.3, 0.4) is 0 Å². The molecular formula is C22H20ClF3N4O3S2. The van der Waals surface area contributed by atoms with Gasteiger partial charge in [-0.1, -0.05) is 11.6 Å². The van der Waals surface area contributed by atoms with Crippen molar-refractivity contribution in [3.05, 3.63) is 75.8 Å². The fourth-order valence-electron chi connectivity index (χ4n) is 3.49. The van der Waals surface area contributed by atoms with Crippen LogP contribution in [0.5, 0.6) is 0 Å². The number of hydrogen-bond donors (Lipinski definition) is 1. The lowest BCUT2D eigenvalue weighted by atomic mass is 10.2. The minimum absolute atomic E-state index is 0.161. The van der Waals surface area contributed by atoms with E-state index in [0.717, 1.165) is 23.6 Å². The molecule has 0 radical (unpaired) electrons. The summed E-state index contributed by atoms with van der Waals surface area (Å²) in [6, 6.07) is 11.8. The van der Waals surface area contributed by atoms with Gasteiger partial charge in [-0.3, -0.25) is 4.79 Å². The molecule has 0 unspecified atom stereocenters. The second-order valence-electron chi connectivity index (χ2n) is 7.70. The Balaban J connectivity index is 1.34. The fraction of sp³-hybridized carbons (Fsp3) is 0.273. The topological polar surface area (TPSA) is 82.6 Å². The first-order valence-electron chi connectivity index (χ1n) is 10.4. The van der Waals surface area contributed by atoms with E-state index in [1.807, 2.05) is 0 Å². The lowest BCUT2D eigenvalue weighted by Crippen LogP contribution is -2.48. The van der Waals surface area contributed by atoms with E-state index in [4.69, 9.17) is 11.6 Å². The quantitative estimate of drug-likeness (QED) is 0.501. The van der Waals surface area contributed by atoms with E-state index in [1.54, 1.807) is 35.2 Å². The highest BCUT2D eigenvalue weighted by atomic mass is 35.5. The van der Waals surface area contributed by atoms with Crippen LogP contribution in [0.2, 0.25) is 5.02 Å². The van der Waals surface area contributed by atoms with Crippen molar-refractivity contribution >= 4 is 44.7 Å². The average Bonchev–Trinajstić information content (AvgIpc) is 3.33. The normalized spacial score (nSPS) is 15.3. The molecule has 4 rings (SSSR count). The number of halogens is 4. The van der Waals surface area contributed by atoms with Crippen molar-refractivity contribution in [2.24, 2.45) is 0 Å². The van der Waals surface area contributed by atoms with Gasteiger partial charge in [0.15, 0.2) is 0 Å². The Morgan fingerprint density at radius 2 is 1.71 bits per heavy atom. The predicted octanol–water partition coefficient (Wildman–Crippen LogP) is 4.26. The highest BCUT2D eigenvalue weighted by molar-refractivity contribution is 7.91. The summed E-state index contributed by atoms with van der Waals surface area (Å²) < 4.78 is 65.8. The standard InChI is InChI=1S/C22H20ClF3N4O3S2/c23-17-4-1-15(2-5-17)21(31)28-14-18-6-8-20(34-18)35(32,33)30-11-9-29(10-12-30)19-7-3-16(13-27-19)22(24,25)26/h1-8,13H,9-12,14H2,(H,28,31). The molecule has 186 valence electrons. The maximum Gasteiger partial charge on any atom is 0.417 e. The highest BCUT2D eigenvalue weighted by Crippen LogP contribution is 2.30. The summed E-state index contributed by atoms with van der Waals surface area (Å²) in [5.41, 5.74) is -0.389. The molecule has 35 heavy (non-hydrogen) atoms. The van der Waals surface area contributed by atoms with Gasteiger partial charge in [0.2, 0.25) is 0 Å². The third-order valence-corrected chi connectivity index (χ3v) is 9.10. The Hall–Kier alpha value is -2.67. The molecule has 1 amide bonds. The van der Waals surface area contributed by atoms with Crippen molar-refractivity contribution in [3.8, 4) is 0 Å². The molecule has 7 nitrogen and oxygen atoms in total. The molecule has 1 aliphatic rings. The van der Waals surface area contributed by atoms with Gasteiger partial charge in [-0.25, -0.2) is 13.4 Å². The van der Waals surface area contributed by atoms with Crippen LogP contribution in [0.4, 0.5) is 19.0 Å². The summed E-state index contributed by atoms with van der Waals surface area (Å²) in [6.45, 7) is 1.12. The van der Waals surface area contributed by atoms with Gasteiger partial charge in [0.1, 0.15) is 10.0 Å². The Morgan fingerprint density at radius 1 is 1.03 bits per heavy atom. The second-order valence-corrected chi connectivity index (χ2v) is 11.5. The molecule has 1 aromatic carbocycles. The molecule has 2 aromatic heterocycles. The van der Waals surface area contributed by atoms with Gasteiger partial charge in [-0.15, -0.1) is 11.3 Å². The van der Waals surface area contributed by atoms with Gasteiger partial charge in [0.05, 0.1) is 12.1 Å². The average molecular weight is 545 g/mol. The largest absolute Gasteiger partial charge is 0.417 e. The molecule has 1 fully saturated rings. The van der Waals surface area contributed by atoms with E-state index in [-0.39, 0.29) is 29.8 Å². The van der Waals surface area contributed by atoms with Crippen LogP contribution in [0, 0.1) is 0 Å². The maximum absolute atomic E-state index is 13.1. The summed E-state index contributed by atoms with van der Waals surface area (Å²) in [6.07, 6.45) is -3.69. The first-order valence-corrected chi connectivity index (χ1v) is 13.1. The van der Waals surface area contributed by atoms with E-state index < -0.39 is 21.8 Å². The molecule has 3 heterocycles. The van der Waals surface area contributed by atoms with Crippen LogP contribution >= 0.6 is 22.9 Å². The number of pyridine rings is 1. The Bertz CT molecular complexity index is 1290. The number of nitrogens with one attached hydrogen (secondary N) is 1. The van der Waals surface area contributed by atoms with Gasteiger partial charge < -0.3 is 10.2 Å². The maximum atomic E-state index is 13.1. The third-order valence-electron chi connectivity index (χ3n) is 5.40. The van der Waals surface area contributed by atoms with Crippen LogP contribution in [0.25, 0.3) is 0 Å². The van der Waals surface area contributed by atoms with E-state index in [9.17, 15) is 26.4 Å². The first-order chi connectivity index (χ1) is 16.5. The Morgan fingerprint density at radius 3 is 2.31 bits per heavy atom. The Labute approximate surface area is 209 Å². The second kappa shape index (κ2) is 10.1. The van der Waals surface area contributed by atoms with E-state index in [1.165, 1.54) is 16.4 Å². The monoisotopic (exact) mass is 544 g/mol. The number of sulfonamides is 1. The zero-order valence-electron chi connectivity index (χ0n) is 18.1. The van der Waals surface area contributed by atoms with Crippen molar-refractivity contribution in [1.82, 2.24) is 14.6 Å². The molecule has 1 N–H and O–H groups in total. The molecule has 0 spiro atoms. The van der Waals surface area contributed by atoms with Crippen LogP contribution in [-0.4, -0.2) is 49.8 Å². The SMILES string of the molecule is O=C(NCc1ccc(S(=O)(=O)N2CCN(c3ccc(C(F)(F)F)cn3)CC2)s1)c1ccc(Cl)cc1. The minimum Gasteiger partial charge on any atom is -0.354 e. The van der Waals surface area contributed by atoms with Crippen LogP contribution in [-0.2, 0) is 22.7 Å². The van der Waals surface area contributed by atoms with Crippen LogP contribution in [0.15, 0.2) is 58.9 Å². The molecule has 0 atom stereocenters. The van der Waals surface area contributed by atoms with E-state index in [0.29, 0.717) is 34.4 Å². The minimum atomic E-state index is -4.46. The molecular weight excluding hydrogens is 525 g/mol. The third kappa shape index (κ3) is 5.95. The summed E-state index contributed by atoms with van der Waals surface area (Å²) in [5, 5.41) is 3.27. The number of rotatable bonds is 6. The highest BCUT2D eigenvalue weighted by Gasteiger charge is 2.32. The summed E-state index contributed by atoms with van der Waals surface area (Å²) >= 11 is 6.90. The molecule has 0 aliphatic carbocycles. The number of carbonyl (C=O) groups excluding carboxylic acids is 1. The van der Waals surface area contributed by atoms with Gasteiger partial charge in [-0.2, -0.15) is 17.5 Å². The molecule has 1 saturated heterocycles. The summed E-state index contributed by atoms with van der Waals surface area (Å²) in [5.74, 6) is 0.0670. The smallest absolute Gasteiger partial charge is 0.354 e. The van der Waals surface area contributed by atoms with Gasteiger partial charge in [0, 0.05) is 47.8 Å². The van der Waals surface area contributed by atoms with Crippen LogP contribution in [0.1, 0.15) is 20.8 Å². The number of amides is 1. The van der Waals surface area contributed by atoms with Gasteiger partial charge in [0.25, 0.3) is 15.9 Å². The number of aromatic nitrogens is 1. The Kier molecular flexibility index (Phi) is 7.36. The number of anilines is 1. The van der Waals surface area contributed by atoms with E-state index >= 15 is 0 Å². The first kappa shape index (κ1) is 25.4. The number of thiophene rings is 1. The molecule has 1 aliphatic heterocycles. The molecule has 3 aromatic rings. The van der Waals surface area contributed by atoms with E-state index in [2.05, 4.69) is 10.3 Å². The number of hydrogen-bond acceptors (Lipinski definition) is 6. The molecule has 0 bridgehead atoms. The van der Waals surface area contributed by atoms with Gasteiger partial charge >= 0.3 is 6.18 Å². The predicted molar refractivity (Wildman–Crippen MR) is 127 cm³/mol. The zero-order valence-corrected chi connectivity index (χ0v) is 20.5. The van der Waals surface area contributed by atoms with Crippen molar-refractivity contribution < 1.29 is 26.4 Å². The van der Waals surface area contributed by atoms with Crippen molar-refractivity contribution in [2.75, 3.05) is 31.1 Å². The van der Waals surface area contributed by atoms with Crippen molar-refractivity contribution in [1.29, 1.82) is 0 Å². The lowest BCUT2D eigenvalue weighted by Gasteiger charge is -2.34. The summed E-state index contributed by atoms with van der Waals surface area (Å²) in [4.78, 5) is 18.6. The zero-order chi connectivity index (χ0) is 25.2. The van der Waals surface area contributed by atoms with Crippen LogP contribution < -0.4 is 10.2 Å². The van der Waals surface area contributed by atoms with Crippen molar-refractivity contribution in [2.45, 2.75) is 16.9 Å². The summed E-state index contributed by atoms with van der Waals surface area (Å²) in [7, 11) is -3.74. The van der Waals surface area contributed by atoms with Gasteiger partial charge in [-0.05, 0) is 48.5 Å². The number of alkyl halides is 3. The van der Waals surface area contributed by atoms with Crippen molar-refractivity contribution in [3.63, 3.8) is 0 Å². The number of carbonyl (C=O) groups is 1. The molecule has 13 heteroatoms. The number of piperazine rings is 1.